The first-order valence-electron chi connectivity index (χ1n) is 8.26. The first-order valence-corrected chi connectivity index (χ1v) is 8.64. The van der Waals surface area contributed by atoms with E-state index in [0.717, 1.165) is 12.4 Å². The third kappa shape index (κ3) is 4.36. The minimum Gasteiger partial charge on any atom is -0.353 e. The number of hydroxylamine groups is 1. The Morgan fingerprint density at radius 3 is 2.81 bits per heavy atom. The molecule has 3 rings (SSSR count). The summed E-state index contributed by atoms with van der Waals surface area (Å²) in [5, 5.41) is 11.0. The Kier molecular flexibility index (Phi) is 5.90. The van der Waals surface area contributed by atoms with Gasteiger partial charge in [-0.2, -0.15) is 5.10 Å². The van der Waals surface area contributed by atoms with Gasteiger partial charge in [0, 0.05) is 18.7 Å². The maximum Gasteiger partial charge on any atom is 0.276 e. The Balaban J connectivity index is 1.87. The summed E-state index contributed by atoms with van der Waals surface area (Å²) < 4.78 is 1.81. The highest BCUT2D eigenvalue weighted by Gasteiger charge is 2.13. The van der Waals surface area contributed by atoms with E-state index in [1.165, 1.54) is 13.3 Å². The molecule has 2 heterocycles. The summed E-state index contributed by atoms with van der Waals surface area (Å²) in [5.74, 6) is 1.05. The van der Waals surface area contributed by atoms with E-state index in [1.54, 1.807) is 30.5 Å². The maximum absolute atomic E-state index is 12.1. The van der Waals surface area contributed by atoms with Crippen molar-refractivity contribution in [2.24, 2.45) is 0 Å². The fraction of sp³-hybridized carbons (Fsp3) is 0.167. The van der Waals surface area contributed by atoms with Crippen molar-refractivity contribution in [1.29, 1.82) is 0 Å². The van der Waals surface area contributed by atoms with Gasteiger partial charge in [0.2, 0.25) is 0 Å². The minimum absolute atomic E-state index is 0.365. The van der Waals surface area contributed by atoms with Crippen molar-refractivity contribution in [1.82, 2.24) is 20.2 Å². The normalized spacial score (nSPS) is 10.5. The predicted octanol–water partition coefficient (Wildman–Crippen LogP) is 3.73. The average molecular weight is 387 g/mol. The highest BCUT2D eigenvalue weighted by molar-refractivity contribution is 6.33. The van der Waals surface area contributed by atoms with Crippen molar-refractivity contribution in [3.63, 3.8) is 0 Å². The van der Waals surface area contributed by atoms with Gasteiger partial charge in [-0.1, -0.05) is 23.7 Å². The molecule has 0 saturated carbocycles. The van der Waals surface area contributed by atoms with Crippen LogP contribution in [0.1, 0.15) is 17.3 Å². The molecule has 0 aliphatic carbocycles. The van der Waals surface area contributed by atoms with Crippen LogP contribution in [0.2, 0.25) is 5.02 Å². The van der Waals surface area contributed by atoms with E-state index in [0.29, 0.717) is 27.8 Å². The molecular weight excluding hydrogens is 368 g/mol. The highest BCUT2D eigenvalue weighted by atomic mass is 35.5. The van der Waals surface area contributed by atoms with Gasteiger partial charge in [-0.3, -0.25) is 9.63 Å². The number of rotatable bonds is 7. The van der Waals surface area contributed by atoms with Gasteiger partial charge in [0.05, 0.1) is 41.5 Å². The SMILES string of the molecule is CCn1nccc1Nc1cc(Nc2ccccc2C(=O)NOC)c(Cl)cn1. The van der Waals surface area contributed by atoms with Crippen molar-refractivity contribution >= 4 is 40.5 Å². The zero-order valence-corrected chi connectivity index (χ0v) is 15.6. The van der Waals surface area contributed by atoms with Crippen LogP contribution in [0.15, 0.2) is 48.8 Å². The standard InChI is InChI=1S/C18H19ClN6O2/c1-3-25-17(8-9-21-25)23-16-10-15(13(19)11-20-16)22-14-7-5-4-6-12(14)18(26)24-27-2/h4-11H,3H2,1-2H3,(H,24,26)(H2,20,22,23). The number of hydrogen-bond donors (Lipinski definition) is 3. The van der Waals surface area contributed by atoms with Crippen molar-refractivity contribution in [2.75, 3.05) is 17.7 Å². The fourth-order valence-corrected chi connectivity index (χ4v) is 2.66. The lowest BCUT2D eigenvalue weighted by Gasteiger charge is -2.14. The van der Waals surface area contributed by atoms with Gasteiger partial charge in [0.1, 0.15) is 11.6 Å². The van der Waals surface area contributed by atoms with E-state index in [2.05, 4.69) is 26.2 Å². The smallest absolute Gasteiger partial charge is 0.276 e. The van der Waals surface area contributed by atoms with Gasteiger partial charge in [0.15, 0.2) is 0 Å². The van der Waals surface area contributed by atoms with Crippen LogP contribution >= 0.6 is 11.6 Å². The molecule has 0 unspecified atom stereocenters. The van der Waals surface area contributed by atoms with E-state index < -0.39 is 0 Å². The first kappa shape index (κ1) is 18.7. The second-order valence-electron chi connectivity index (χ2n) is 5.51. The monoisotopic (exact) mass is 386 g/mol. The van der Waals surface area contributed by atoms with Crippen molar-refractivity contribution in [3.05, 3.63) is 59.4 Å². The third-order valence-corrected chi connectivity index (χ3v) is 4.06. The number of carbonyl (C=O) groups is 1. The van der Waals surface area contributed by atoms with Crippen LogP contribution in [0.3, 0.4) is 0 Å². The summed E-state index contributed by atoms with van der Waals surface area (Å²) in [6, 6.07) is 10.7. The van der Waals surface area contributed by atoms with Gasteiger partial charge in [-0.05, 0) is 19.1 Å². The summed E-state index contributed by atoms with van der Waals surface area (Å²) in [5.41, 5.74) is 3.93. The lowest BCUT2D eigenvalue weighted by Crippen LogP contribution is -2.22. The van der Waals surface area contributed by atoms with Crippen LogP contribution in [0.25, 0.3) is 0 Å². The zero-order valence-electron chi connectivity index (χ0n) is 14.9. The fourth-order valence-electron chi connectivity index (χ4n) is 2.51. The molecule has 27 heavy (non-hydrogen) atoms. The van der Waals surface area contributed by atoms with Crippen LogP contribution in [0.5, 0.6) is 0 Å². The molecule has 2 aromatic heterocycles. The molecule has 0 bridgehead atoms. The van der Waals surface area contributed by atoms with Gasteiger partial charge in [-0.25, -0.2) is 15.1 Å². The summed E-state index contributed by atoms with van der Waals surface area (Å²) >= 11 is 6.28. The molecule has 1 amide bonds. The molecule has 0 atom stereocenters. The van der Waals surface area contributed by atoms with Crippen molar-refractivity contribution < 1.29 is 9.63 Å². The molecule has 8 nitrogen and oxygen atoms in total. The Morgan fingerprint density at radius 1 is 1.22 bits per heavy atom. The number of para-hydroxylation sites is 1. The molecule has 0 radical (unpaired) electrons. The quantitative estimate of drug-likeness (QED) is 0.536. The Morgan fingerprint density at radius 2 is 2.04 bits per heavy atom. The van der Waals surface area contributed by atoms with Crippen LogP contribution in [0.4, 0.5) is 23.0 Å². The maximum atomic E-state index is 12.1. The predicted molar refractivity (Wildman–Crippen MR) is 105 cm³/mol. The van der Waals surface area contributed by atoms with Crippen LogP contribution in [0, 0.1) is 0 Å². The number of pyridine rings is 1. The van der Waals surface area contributed by atoms with E-state index >= 15 is 0 Å². The third-order valence-electron chi connectivity index (χ3n) is 3.76. The number of amides is 1. The molecule has 0 fully saturated rings. The van der Waals surface area contributed by atoms with Crippen molar-refractivity contribution in [3.8, 4) is 0 Å². The summed E-state index contributed by atoms with van der Waals surface area (Å²) in [4.78, 5) is 21.1. The van der Waals surface area contributed by atoms with Crippen LogP contribution in [-0.4, -0.2) is 27.8 Å². The lowest BCUT2D eigenvalue weighted by atomic mass is 10.1. The summed E-state index contributed by atoms with van der Waals surface area (Å²) in [6.07, 6.45) is 3.25. The molecule has 140 valence electrons. The van der Waals surface area contributed by atoms with E-state index in [4.69, 9.17) is 16.4 Å². The Hall–Kier alpha value is -3.10. The summed E-state index contributed by atoms with van der Waals surface area (Å²) in [6.45, 7) is 2.73. The Labute approximate surface area is 161 Å². The number of hydrogen-bond acceptors (Lipinski definition) is 6. The first-order chi connectivity index (χ1) is 13.1. The zero-order chi connectivity index (χ0) is 19.2. The van der Waals surface area contributed by atoms with Gasteiger partial charge in [-0.15, -0.1) is 0 Å². The molecule has 9 heteroatoms. The lowest BCUT2D eigenvalue weighted by molar-refractivity contribution is 0.0538. The van der Waals surface area contributed by atoms with E-state index in [-0.39, 0.29) is 5.91 Å². The number of nitrogens with one attached hydrogen (secondary N) is 3. The molecule has 3 aromatic rings. The second-order valence-corrected chi connectivity index (χ2v) is 5.92. The number of halogens is 1. The van der Waals surface area contributed by atoms with Crippen molar-refractivity contribution in [2.45, 2.75) is 13.5 Å². The average Bonchev–Trinajstić information content (AvgIpc) is 3.12. The number of benzene rings is 1. The van der Waals surface area contributed by atoms with E-state index in [9.17, 15) is 4.79 Å². The largest absolute Gasteiger partial charge is 0.353 e. The number of nitrogens with zero attached hydrogens (tertiary/aromatic N) is 3. The molecule has 0 saturated heterocycles. The second kappa shape index (κ2) is 8.52. The van der Waals surface area contributed by atoms with Gasteiger partial charge >= 0.3 is 0 Å². The molecule has 0 spiro atoms. The highest BCUT2D eigenvalue weighted by Crippen LogP contribution is 2.29. The number of aromatic nitrogens is 3. The number of carbonyl (C=O) groups excluding carboxylic acids is 1. The number of aryl methyl sites for hydroxylation is 1. The summed E-state index contributed by atoms with van der Waals surface area (Å²) in [7, 11) is 1.38. The molecule has 0 aliphatic heterocycles. The topological polar surface area (TPSA) is 93.1 Å². The molecule has 1 aromatic carbocycles. The van der Waals surface area contributed by atoms with Gasteiger partial charge in [0.25, 0.3) is 5.91 Å². The minimum atomic E-state index is -0.365. The van der Waals surface area contributed by atoms with Crippen LogP contribution < -0.4 is 16.1 Å². The molecular formula is C18H19ClN6O2. The van der Waals surface area contributed by atoms with Gasteiger partial charge < -0.3 is 10.6 Å². The molecule has 0 aliphatic rings. The number of anilines is 4. The van der Waals surface area contributed by atoms with Crippen LogP contribution in [-0.2, 0) is 11.4 Å². The van der Waals surface area contributed by atoms with E-state index in [1.807, 2.05) is 23.7 Å². The molecule has 3 N–H and O–H groups in total. The Bertz CT molecular complexity index is 943.